The fourth-order valence-electron chi connectivity index (χ4n) is 6.72. The number of rotatable bonds is 10. The van der Waals surface area contributed by atoms with Crippen LogP contribution in [0, 0.1) is 0 Å². The van der Waals surface area contributed by atoms with Crippen LogP contribution in [0.1, 0.15) is 30.7 Å². The van der Waals surface area contributed by atoms with Crippen molar-refractivity contribution in [1.29, 1.82) is 0 Å². The third-order valence-corrected chi connectivity index (χ3v) is 12.2. The van der Waals surface area contributed by atoms with Gasteiger partial charge in [0.2, 0.25) is 0 Å². The fourth-order valence-corrected chi connectivity index (χ4v) is 9.20. The van der Waals surface area contributed by atoms with Gasteiger partial charge in [-0.05, 0) is 66.0 Å². The van der Waals surface area contributed by atoms with Crippen LogP contribution >= 0.6 is 35.3 Å². The number of alkyl halides is 6. The molecule has 2 aromatic carbocycles. The van der Waals surface area contributed by atoms with Crippen LogP contribution in [0.5, 0.6) is 0 Å². The molecule has 292 valence electrons. The molecular weight excluding hydrogens is 803 g/mol. The van der Waals surface area contributed by atoms with Crippen molar-refractivity contribution in [2.75, 3.05) is 17.3 Å². The zero-order chi connectivity index (χ0) is 40.2. The van der Waals surface area contributed by atoms with E-state index in [4.69, 9.17) is 9.97 Å². The summed E-state index contributed by atoms with van der Waals surface area (Å²) in [5.41, 5.74) is 3.18. The van der Waals surface area contributed by atoms with Gasteiger partial charge in [-0.25, -0.2) is 29.9 Å². The van der Waals surface area contributed by atoms with E-state index in [1.54, 1.807) is 64.7 Å². The van der Waals surface area contributed by atoms with Gasteiger partial charge in [-0.1, -0.05) is 32.0 Å². The van der Waals surface area contributed by atoms with Crippen LogP contribution in [0.25, 0.3) is 67.0 Å². The van der Waals surface area contributed by atoms with Crippen molar-refractivity contribution in [3.05, 3.63) is 89.9 Å². The van der Waals surface area contributed by atoms with Gasteiger partial charge in [0.15, 0.2) is 17.3 Å². The SMILES string of the molecule is CCSc1cc2cc(SCCc3cccc4cc(SCC)c(-c5nc6cc(C(F)(F)F)ccc6n5C)nc34)cnc2nc1-c1nc2cc(C(F)(F)F)ncc2n1C. The van der Waals surface area contributed by atoms with Crippen LogP contribution in [0.4, 0.5) is 26.3 Å². The number of imidazole rings is 2. The largest absolute Gasteiger partial charge is 0.433 e. The molecule has 0 amide bonds. The Morgan fingerprint density at radius 2 is 1.30 bits per heavy atom. The molecule has 6 heterocycles. The first-order valence-corrected chi connectivity index (χ1v) is 20.7. The number of thioether (sulfide) groups is 3. The molecule has 8 nitrogen and oxygen atoms in total. The molecule has 0 saturated heterocycles. The first-order chi connectivity index (χ1) is 27.2. The summed E-state index contributed by atoms with van der Waals surface area (Å²) in [4.78, 5) is 30.1. The van der Waals surface area contributed by atoms with E-state index in [9.17, 15) is 26.3 Å². The molecule has 57 heavy (non-hydrogen) atoms. The molecule has 6 aromatic heterocycles. The van der Waals surface area contributed by atoms with Gasteiger partial charge < -0.3 is 9.13 Å². The summed E-state index contributed by atoms with van der Waals surface area (Å²) in [6, 6.07) is 16.7. The lowest BCUT2D eigenvalue weighted by Gasteiger charge is -2.13. The lowest BCUT2D eigenvalue weighted by atomic mass is 10.1. The smallest absolute Gasteiger partial charge is 0.326 e. The normalized spacial score (nSPS) is 12.5. The average Bonchev–Trinajstić information content (AvgIpc) is 3.68. The summed E-state index contributed by atoms with van der Waals surface area (Å²) in [7, 11) is 3.52. The van der Waals surface area contributed by atoms with E-state index < -0.39 is 23.6 Å². The van der Waals surface area contributed by atoms with E-state index in [0.29, 0.717) is 51.9 Å². The van der Waals surface area contributed by atoms with Crippen LogP contribution in [0.15, 0.2) is 87.7 Å². The van der Waals surface area contributed by atoms with Gasteiger partial charge in [0, 0.05) is 51.5 Å². The van der Waals surface area contributed by atoms with E-state index >= 15 is 0 Å². The molecule has 0 aliphatic rings. The highest BCUT2D eigenvalue weighted by molar-refractivity contribution is 7.99. The second kappa shape index (κ2) is 15.1. The highest BCUT2D eigenvalue weighted by Gasteiger charge is 2.34. The molecule has 0 atom stereocenters. The van der Waals surface area contributed by atoms with Crippen molar-refractivity contribution < 1.29 is 26.3 Å². The molecule has 0 unspecified atom stereocenters. The summed E-state index contributed by atoms with van der Waals surface area (Å²) < 4.78 is 84.2. The molecule has 0 N–H and O–H groups in total. The molecule has 0 radical (unpaired) electrons. The first-order valence-electron chi connectivity index (χ1n) is 17.8. The third-order valence-electron chi connectivity index (χ3n) is 9.43. The molecule has 0 fully saturated rings. The Morgan fingerprint density at radius 1 is 0.632 bits per heavy atom. The zero-order valence-corrected chi connectivity index (χ0v) is 33.3. The Morgan fingerprint density at radius 3 is 1.98 bits per heavy atom. The highest BCUT2D eigenvalue weighted by atomic mass is 32.2. The number of benzene rings is 2. The predicted molar refractivity (Wildman–Crippen MR) is 216 cm³/mol. The van der Waals surface area contributed by atoms with Crippen molar-refractivity contribution in [2.45, 2.75) is 47.3 Å². The molecule has 0 aliphatic heterocycles. The van der Waals surface area contributed by atoms with E-state index in [1.807, 2.05) is 44.2 Å². The van der Waals surface area contributed by atoms with E-state index in [2.05, 4.69) is 26.0 Å². The quantitative estimate of drug-likeness (QED) is 0.0987. The summed E-state index contributed by atoms with van der Waals surface area (Å²) in [5, 5.41) is 1.78. The van der Waals surface area contributed by atoms with E-state index in [-0.39, 0.29) is 11.0 Å². The second-order valence-corrected chi connectivity index (χ2v) is 16.9. The number of hydrogen-bond acceptors (Lipinski definition) is 9. The van der Waals surface area contributed by atoms with Crippen LogP contribution in [0.2, 0.25) is 0 Å². The number of aromatic nitrogens is 8. The van der Waals surface area contributed by atoms with E-state index in [0.717, 1.165) is 66.2 Å². The second-order valence-electron chi connectivity index (χ2n) is 13.1. The van der Waals surface area contributed by atoms with Gasteiger partial charge >= 0.3 is 12.4 Å². The molecule has 0 saturated carbocycles. The van der Waals surface area contributed by atoms with Gasteiger partial charge in [0.05, 0.1) is 39.3 Å². The Balaban J connectivity index is 1.08. The van der Waals surface area contributed by atoms with Gasteiger partial charge in [-0.2, -0.15) is 26.3 Å². The van der Waals surface area contributed by atoms with Crippen molar-refractivity contribution in [2.24, 2.45) is 14.1 Å². The molecule has 0 spiro atoms. The summed E-state index contributed by atoms with van der Waals surface area (Å²) in [6.07, 6.45) is -5.45. The average molecular weight is 835 g/mol. The molecular formula is C40H32F6N8S3. The standard InChI is InChI=1S/C40H32F6N8S3/c1-5-55-30-15-22-9-7-8-21(33(22)51-34(30)37-49-26-17-24(39(41,42)43)10-11-28(26)53(37)3)12-13-57-25-14-23-16-31(56-6-2)35(52-36(23)48-19-25)38-50-27-18-32(40(44,45)46)47-20-29(27)54(38)4/h7-11,14-20H,5-6,12-13H2,1-4H3. The number of hydrogen-bond donors (Lipinski definition) is 0. The Kier molecular flexibility index (Phi) is 10.4. The number of pyridine rings is 4. The fraction of sp³-hybridized carbons (Fsp3) is 0.250. The van der Waals surface area contributed by atoms with Crippen LogP contribution in [-0.4, -0.2) is 56.3 Å². The van der Waals surface area contributed by atoms with E-state index in [1.165, 1.54) is 12.3 Å². The first kappa shape index (κ1) is 39.0. The van der Waals surface area contributed by atoms with Crippen LogP contribution in [0.3, 0.4) is 0 Å². The van der Waals surface area contributed by atoms with Gasteiger partial charge in [-0.15, -0.1) is 35.3 Å². The predicted octanol–water partition coefficient (Wildman–Crippen LogP) is 11.3. The Labute approximate surface area is 334 Å². The van der Waals surface area contributed by atoms with Gasteiger partial charge in [-0.3, -0.25) is 0 Å². The Hall–Kier alpha value is -4.87. The Bertz CT molecular complexity index is 2830. The van der Waals surface area contributed by atoms with Crippen LogP contribution in [-0.2, 0) is 32.9 Å². The van der Waals surface area contributed by atoms with Gasteiger partial charge in [0.25, 0.3) is 0 Å². The number of fused-ring (bicyclic) bond motifs is 4. The molecule has 0 aliphatic carbocycles. The lowest BCUT2D eigenvalue weighted by molar-refractivity contribution is -0.141. The number of aryl methyl sites for hydroxylation is 3. The third kappa shape index (κ3) is 7.52. The molecule has 0 bridgehead atoms. The topological polar surface area (TPSA) is 87.2 Å². The summed E-state index contributed by atoms with van der Waals surface area (Å²) in [6.45, 7) is 4.05. The van der Waals surface area contributed by atoms with Crippen molar-refractivity contribution >= 4 is 79.3 Å². The maximum atomic E-state index is 13.5. The minimum absolute atomic E-state index is 0.176. The van der Waals surface area contributed by atoms with Crippen molar-refractivity contribution in [3.8, 4) is 23.0 Å². The number of para-hydroxylation sites is 1. The molecule has 8 aromatic rings. The highest BCUT2D eigenvalue weighted by Crippen LogP contribution is 2.38. The maximum absolute atomic E-state index is 13.5. The maximum Gasteiger partial charge on any atom is 0.433 e. The summed E-state index contributed by atoms with van der Waals surface area (Å²) in [5.74, 6) is 3.13. The zero-order valence-electron chi connectivity index (χ0n) is 30.8. The lowest BCUT2D eigenvalue weighted by Crippen LogP contribution is -2.07. The minimum Gasteiger partial charge on any atom is -0.326 e. The molecule has 17 heteroatoms. The summed E-state index contributed by atoms with van der Waals surface area (Å²) >= 11 is 4.80. The van der Waals surface area contributed by atoms with Gasteiger partial charge in [0.1, 0.15) is 17.1 Å². The minimum atomic E-state index is -4.59. The number of nitrogens with zero attached hydrogens (tertiary/aromatic N) is 8. The molecule has 8 rings (SSSR count). The van der Waals surface area contributed by atoms with Crippen molar-refractivity contribution in [3.63, 3.8) is 0 Å². The van der Waals surface area contributed by atoms with Crippen LogP contribution < -0.4 is 0 Å². The monoisotopic (exact) mass is 834 g/mol. The number of halogens is 6. The van der Waals surface area contributed by atoms with Crippen molar-refractivity contribution in [1.82, 2.24) is 39.0 Å².